The molecule has 6 nitrogen and oxygen atoms in total. The summed E-state index contributed by atoms with van der Waals surface area (Å²) in [5, 5.41) is 0.951. The summed E-state index contributed by atoms with van der Waals surface area (Å²) < 4.78 is 5.33. The van der Waals surface area contributed by atoms with Gasteiger partial charge in [-0.2, -0.15) is 4.98 Å². The number of aromatic amines is 1. The average Bonchev–Trinajstić information content (AvgIpc) is 2.98. The molecule has 22 heavy (non-hydrogen) atoms. The van der Waals surface area contributed by atoms with Crippen LogP contribution in [0.3, 0.4) is 0 Å². The lowest BCUT2D eigenvalue weighted by atomic mass is 10.1. The van der Waals surface area contributed by atoms with Crippen LogP contribution in [0.4, 0.5) is 0 Å². The Morgan fingerprint density at radius 3 is 2.82 bits per heavy atom. The predicted octanol–water partition coefficient (Wildman–Crippen LogP) is 2.97. The number of ether oxygens (including phenoxy) is 1. The lowest BCUT2D eigenvalue weighted by molar-refractivity contribution is 0.314. The van der Waals surface area contributed by atoms with Crippen LogP contribution in [0.25, 0.3) is 33.2 Å². The highest BCUT2D eigenvalue weighted by Crippen LogP contribution is 2.29. The van der Waals surface area contributed by atoms with Crippen LogP contribution in [-0.2, 0) is 0 Å². The van der Waals surface area contributed by atoms with E-state index >= 15 is 0 Å². The number of fused-ring (bicyclic) bond motifs is 2. The van der Waals surface area contributed by atoms with E-state index in [0.29, 0.717) is 12.6 Å². The van der Waals surface area contributed by atoms with Crippen LogP contribution in [0.15, 0.2) is 43.0 Å². The van der Waals surface area contributed by atoms with Gasteiger partial charge in [0.15, 0.2) is 0 Å². The summed E-state index contributed by atoms with van der Waals surface area (Å²) in [6.07, 6.45) is 7.09. The maximum atomic E-state index is 5.33. The van der Waals surface area contributed by atoms with Crippen LogP contribution < -0.4 is 4.74 Å². The van der Waals surface area contributed by atoms with Crippen molar-refractivity contribution in [3.05, 3.63) is 43.0 Å². The summed E-state index contributed by atoms with van der Waals surface area (Å²) in [7, 11) is 0. The predicted molar refractivity (Wildman–Crippen MR) is 83.6 cm³/mol. The van der Waals surface area contributed by atoms with Gasteiger partial charge < -0.3 is 9.72 Å². The van der Waals surface area contributed by atoms with Gasteiger partial charge in [0.25, 0.3) is 0 Å². The fraction of sp³-hybridized carbons (Fsp3) is 0.125. The van der Waals surface area contributed by atoms with E-state index in [0.717, 1.165) is 33.2 Å². The van der Waals surface area contributed by atoms with Crippen molar-refractivity contribution in [2.24, 2.45) is 0 Å². The molecule has 0 fully saturated rings. The summed E-state index contributed by atoms with van der Waals surface area (Å²) in [6.45, 7) is 2.45. The molecule has 0 aliphatic heterocycles. The fourth-order valence-corrected chi connectivity index (χ4v) is 2.46. The molecule has 1 aromatic carbocycles. The third-order valence-electron chi connectivity index (χ3n) is 3.46. The maximum absolute atomic E-state index is 5.33. The molecule has 0 saturated heterocycles. The maximum Gasteiger partial charge on any atom is 0.318 e. The number of benzene rings is 1. The van der Waals surface area contributed by atoms with E-state index in [1.54, 1.807) is 18.6 Å². The summed E-state index contributed by atoms with van der Waals surface area (Å²) >= 11 is 0. The summed E-state index contributed by atoms with van der Waals surface area (Å²) in [4.78, 5) is 20.4. The second-order valence-electron chi connectivity index (χ2n) is 4.81. The number of hydrogen-bond acceptors (Lipinski definition) is 5. The first-order chi connectivity index (χ1) is 10.8. The minimum Gasteiger partial charge on any atom is -0.464 e. The first kappa shape index (κ1) is 12.7. The molecule has 0 aliphatic rings. The molecular formula is C16H13N5O. The Morgan fingerprint density at radius 1 is 1.09 bits per heavy atom. The number of nitrogens with one attached hydrogen (secondary N) is 1. The zero-order valence-corrected chi connectivity index (χ0v) is 11.9. The van der Waals surface area contributed by atoms with Crippen LogP contribution in [-0.4, -0.2) is 31.5 Å². The van der Waals surface area contributed by atoms with Crippen molar-refractivity contribution in [1.82, 2.24) is 24.9 Å². The molecule has 4 aromatic rings. The van der Waals surface area contributed by atoms with E-state index in [-0.39, 0.29) is 0 Å². The monoisotopic (exact) mass is 291 g/mol. The smallest absolute Gasteiger partial charge is 0.318 e. The van der Waals surface area contributed by atoms with E-state index < -0.39 is 0 Å². The first-order valence-electron chi connectivity index (χ1n) is 7.03. The van der Waals surface area contributed by atoms with Gasteiger partial charge in [-0.3, -0.25) is 9.97 Å². The summed E-state index contributed by atoms with van der Waals surface area (Å²) in [5.74, 6) is 0. The molecule has 1 N–H and O–H groups in total. The highest BCUT2D eigenvalue weighted by atomic mass is 16.5. The first-order valence-corrected chi connectivity index (χ1v) is 7.03. The molecule has 0 atom stereocenters. The molecule has 6 heteroatoms. The van der Waals surface area contributed by atoms with Crippen molar-refractivity contribution in [2.45, 2.75) is 6.92 Å². The molecule has 108 valence electrons. The molecule has 4 rings (SSSR count). The Kier molecular flexibility index (Phi) is 2.93. The van der Waals surface area contributed by atoms with Crippen molar-refractivity contribution >= 4 is 22.1 Å². The molecule has 3 aromatic heterocycles. The molecular weight excluding hydrogens is 278 g/mol. The van der Waals surface area contributed by atoms with E-state index in [9.17, 15) is 0 Å². The van der Waals surface area contributed by atoms with E-state index in [2.05, 4.69) is 24.9 Å². The topological polar surface area (TPSA) is 76.6 Å². The largest absolute Gasteiger partial charge is 0.464 e. The third-order valence-corrected chi connectivity index (χ3v) is 3.46. The quantitative estimate of drug-likeness (QED) is 0.628. The van der Waals surface area contributed by atoms with Crippen LogP contribution >= 0.6 is 0 Å². The minimum absolute atomic E-state index is 0.382. The van der Waals surface area contributed by atoms with Crippen LogP contribution in [0.1, 0.15) is 6.92 Å². The average molecular weight is 291 g/mol. The van der Waals surface area contributed by atoms with Gasteiger partial charge >= 0.3 is 6.01 Å². The van der Waals surface area contributed by atoms with Crippen LogP contribution in [0.5, 0.6) is 6.01 Å². The van der Waals surface area contributed by atoms with Gasteiger partial charge in [-0.05, 0) is 24.6 Å². The third kappa shape index (κ3) is 2.05. The van der Waals surface area contributed by atoms with Gasteiger partial charge in [0.1, 0.15) is 5.65 Å². The Labute approximate surface area is 126 Å². The van der Waals surface area contributed by atoms with Gasteiger partial charge in [-0.25, -0.2) is 4.98 Å². The molecule has 0 unspecified atom stereocenters. The van der Waals surface area contributed by atoms with Gasteiger partial charge in [0, 0.05) is 35.7 Å². The van der Waals surface area contributed by atoms with Crippen molar-refractivity contribution in [2.75, 3.05) is 6.61 Å². The van der Waals surface area contributed by atoms with E-state index in [4.69, 9.17) is 4.74 Å². The normalized spacial score (nSPS) is 11.1. The zero-order valence-electron chi connectivity index (χ0n) is 11.9. The molecule has 0 radical (unpaired) electrons. The van der Waals surface area contributed by atoms with Gasteiger partial charge in [-0.15, -0.1) is 0 Å². The Morgan fingerprint density at radius 2 is 1.95 bits per heavy atom. The number of hydrogen-bond donors (Lipinski definition) is 1. The molecule has 0 spiro atoms. The lowest BCUT2D eigenvalue weighted by Crippen LogP contribution is -1.96. The van der Waals surface area contributed by atoms with Gasteiger partial charge in [0.2, 0.25) is 0 Å². The Bertz CT molecular complexity index is 963. The summed E-state index contributed by atoms with van der Waals surface area (Å²) in [5.41, 5.74) is 4.58. The highest BCUT2D eigenvalue weighted by Gasteiger charge is 2.10. The second-order valence-corrected chi connectivity index (χ2v) is 4.81. The Balaban J connectivity index is 1.85. The number of aromatic nitrogens is 5. The molecule has 0 amide bonds. The van der Waals surface area contributed by atoms with Crippen LogP contribution in [0.2, 0.25) is 0 Å². The number of rotatable bonds is 3. The van der Waals surface area contributed by atoms with E-state index in [1.165, 1.54) is 0 Å². The fourth-order valence-electron chi connectivity index (χ4n) is 2.46. The molecule has 0 aliphatic carbocycles. The highest BCUT2D eigenvalue weighted by molar-refractivity contribution is 5.95. The zero-order chi connectivity index (χ0) is 14.9. The molecule has 0 saturated carbocycles. The van der Waals surface area contributed by atoms with Crippen molar-refractivity contribution < 1.29 is 4.74 Å². The second kappa shape index (κ2) is 5.07. The lowest BCUT2D eigenvalue weighted by Gasteiger charge is -2.02. The molecule has 0 bridgehead atoms. The summed E-state index contributed by atoms with van der Waals surface area (Å²) in [6, 6.07) is 6.39. The standard InChI is InChI=1S/C16H13N5O/c1-2-22-16-20-9-12-11(8-19-15(12)21-16)10-3-4-13-14(7-10)18-6-5-17-13/h3-9H,2H2,1H3,(H,19,20,21). The van der Waals surface area contributed by atoms with Crippen molar-refractivity contribution in [3.8, 4) is 17.1 Å². The Hall–Kier alpha value is -3.02. The number of H-pyrrole nitrogens is 1. The van der Waals surface area contributed by atoms with E-state index in [1.807, 2.05) is 31.3 Å². The number of nitrogens with zero attached hydrogens (tertiary/aromatic N) is 4. The van der Waals surface area contributed by atoms with Gasteiger partial charge in [-0.1, -0.05) is 6.07 Å². The van der Waals surface area contributed by atoms with Crippen molar-refractivity contribution in [1.29, 1.82) is 0 Å². The van der Waals surface area contributed by atoms with Gasteiger partial charge in [0.05, 0.1) is 17.6 Å². The SMILES string of the molecule is CCOc1ncc2c(-c3ccc4nccnc4c3)c[nH]c2n1. The minimum atomic E-state index is 0.382. The molecule has 3 heterocycles. The van der Waals surface area contributed by atoms with Crippen LogP contribution in [0, 0.1) is 0 Å². The van der Waals surface area contributed by atoms with Crippen molar-refractivity contribution in [3.63, 3.8) is 0 Å².